The van der Waals surface area contributed by atoms with E-state index in [0.29, 0.717) is 0 Å². The van der Waals surface area contributed by atoms with Crippen molar-refractivity contribution in [1.29, 1.82) is 0 Å². The lowest BCUT2D eigenvalue weighted by molar-refractivity contribution is 1.62. The van der Waals surface area contributed by atoms with Crippen molar-refractivity contribution in [1.82, 2.24) is 0 Å². The Morgan fingerprint density at radius 3 is 2.33 bits per heavy atom. The largest absolute Gasteiger partial charge is 0.114 e. The maximum absolute atomic E-state index is 6.03. The van der Waals surface area contributed by atoms with Gasteiger partial charge in [0.1, 0.15) is 7.85 Å². The third-order valence-electron chi connectivity index (χ3n) is 3.09. The van der Waals surface area contributed by atoms with Crippen LogP contribution in [0, 0.1) is 3.57 Å². The van der Waals surface area contributed by atoms with E-state index in [1.165, 1.54) is 20.1 Å². The lowest BCUT2D eigenvalue weighted by Gasteiger charge is -2.09. The first-order valence-electron chi connectivity index (χ1n) is 5.79. The molecule has 0 aliphatic heterocycles. The average molecular weight is 340 g/mol. The van der Waals surface area contributed by atoms with Crippen LogP contribution >= 0.6 is 22.6 Å². The third kappa shape index (κ3) is 2.05. The lowest BCUT2D eigenvalue weighted by Crippen LogP contribution is -2.03. The second-order valence-corrected chi connectivity index (χ2v) is 5.50. The molecule has 0 aliphatic carbocycles. The van der Waals surface area contributed by atoms with Crippen molar-refractivity contribution in [2.24, 2.45) is 0 Å². The maximum atomic E-state index is 6.03. The first kappa shape index (κ1) is 11.8. The summed E-state index contributed by atoms with van der Waals surface area (Å²) >= 11 is 2.34. The summed E-state index contributed by atoms with van der Waals surface area (Å²) in [5.74, 6) is 0. The topological polar surface area (TPSA) is 0 Å². The predicted molar refractivity (Wildman–Crippen MR) is 87.5 cm³/mol. The van der Waals surface area contributed by atoms with E-state index in [1.54, 1.807) is 0 Å². The molecule has 0 bridgehead atoms. The standard InChI is InChI=1S/C16H10BI/c17-16-9-8-13(11-4-3-5-12(18)10-11)14-6-1-2-7-15(14)16/h1-10H. The Labute approximate surface area is 122 Å². The van der Waals surface area contributed by atoms with Crippen LogP contribution in [0.3, 0.4) is 0 Å². The molecule has 2 radical (unpaired) electrons. The minimum atomic E-state index is 0.833. The Morgan fingerprint density at radius 2 is 1.56 bits per heavy atom. The van der Waals surface area contributed by atoms with Crippen LogP contribution in [0.25, 0.3) is 21.9 Å². The summed E-state index contributed by atoms with van der Waals surface area (Å²) in [7, 11) is 6.03. The van der Waals surface area contributed by atoms with Gasteiger partial charge in [-0.15, -0.1) is 0 Å². The number of hydrogen-bond acceptors (Lipinski definition) is 0. The van der Waals surface area contributed by atoms with E-state index in [2.05, 4.69) is 71.1 Å². The van der Waals surface area contributed by atoms with Crippen molar-refractivity contribution >= 4 is 46.7 Å². The van der Waals surface area contributed by atoms with Gasteiger partial charge in [-0.2, -0.15) is 0 Å². The molecule has 2 heteroatoms. The van der Waals surface area contributed by atoms with Crippen LogP contribution in [-0.4, -0.2) is 7.85 Å². The van der Waals surface area contributed by atoms with Crippen LogP contribution in [0.15, 0.2) is 60.7 Å². The molecule has 0 atom stereocenters. The summed E-state index contributed by atoms with van der Waals surface area (Å²) < 4.78 is 1.24. The quantitative estimate of drug-likeness (QED) is 0.466. The Kier molecular flexibility index (Phi) is 3.12. The summed E-state index contributed by atoms with van der Waals surface area (Å²) in [5, 5.41) is 2.33. The number of hydrogen-bond donors (Lipinski definition) is 0. The first-order chi connectivity index (χ1) is 8.75. The zero-order valence-corrected chi connectivity index (χ0v) is 11.9. The molecule has 0 heterocycles. The summed E-state index contributed by atoms with van der Waals surface area (Å²) in [5.41, 5.74) is 3.30. The highest BCUT2D eigenvalue weighted by molar-refractivity contribution is 14.1. The van der Waals surface area contributed by atoms with Crippen LogP contribution in [0.5, 0.6) is 0 Å². The van der Waals surface area contributed by atoms with Gasteiger partial charge < -0.3 is 0 Å². The molecular weight excluding hydrogens is 330 g/mol. The normalized spacial score (nSPS) is 10.7. The Morgan fingerprint density at radius 1 is 0.778 bits per heavy atom. The van der Waals surface area contributed by atoms with Gasteiger partial charge in [-0.3, -0.25) is 0 Å². The molecule has 0 unspecified atom stereocenters. The minimum absolute atomic E-state index is 0.833. The molecule has 0 aliphatic rings. The van der Waals surface area contributed by atoms with Crippen molar-refractivity contribution in [2.75, 3.05) is 0 Å². The monoisotopic (exact) mass is 340 g/mol. The number of halogens is 1. The molecule has 0 amide bonds. The second kappa shape index (κ2) is 4.77. The molecule has 0 fully saturated rings. The number of rotatable bonds is 1. The van der Waals surface area contributed by atoms with E-state index in [0.717, 1.165) is 10.8 Å². The second-order valence-electron chi connectivity index (χ2n) is 4.26. The van der Waals surface area contributed by atoms with Gasteiger partial charge in [-0.05, 0) is 56.6 Å². The van der Waals surface area contributed by atoms with Crippen LogP contribution in [-0.2, 0) is 0 Å². The summed E-state index contributed by atoms with van der Waals surface area (Å²) in [6.07, 6.45) is 0. The molecule has 18 heavy (non-hydrogen) atoms. The SMILES string of the molecule is [B]c1ccc(-c2cccc(I)c2)c2ccccc12. The van der Waals surface area contributed by atoms with Gasteiger partial charge >= 0.3 is 0 Å². The summed E-state index contributed by atoms with van der Waals surface area (Å²) in [4.78, 5) is 0. The van der Waals surface area contributed by atoms with Crippen LogP contribution in [0.4, 0.5) is 0 Å². The van der Waals surface area contributed by atoms with Crippen molar-refractivity contribution in [3.05, 3.63) is 64.2 Å². The number of fused-ring (bicyclic) bond motifs is 1. The van der Waals surface area contributed by atoms with E-state index < -0.39 is 0 Å². The molecule has 0 saturated carbocycles. The molecule has 3 aromatic rings. The van der Waals surface area contributed by atoms with E-state index in [9.17, 15) is 0 Å². The highest BCUT2D eigenvalue weighted by Gasteiger charge is 2.05. The van der Waals surface area contributed by atoms with Gasteiger partial charge in [-0.25, -0.2) is 0 Å². The fraction of sp³-hybridized carbons (Fsp3) is 0. The van der Waals surface area contributed by atoms with Crippen molar-refractivity contribution in [3.8, 4) is 11.1 Å². The Bertz CT molecular complexity index is 719. The smallest absolute Gasteiger partial charge is 0.0889 e. The molecule has 3 aromatic carbocycles. The highest BCUT2D eigenvalue weighted by Crippen LogP contribution is 2.28. The molecule has 0 spiro atoms. The predicted octanol–water partition coefficient (Wildman–Crippen LogP) is 3.91. The third-order valence-corrected chi connectivity index (χ3v) is 3.76. The molecule has 0 saturated heterocycles. The van der Waals surface area contributed by atoms with E-state index in [-0.39, 0.29) is 0 Å². The van der Waals surface area contributed by atoms with Crippen molar-refractivity contribution < 1.29 is 0 Å². The first-order valence-corrected chi connectivity index (χ1v) is 6.87. The van der Waals surface area contributed by atoms with Crippen LogP contribution in [0.1, 0.15) is 0 Å². The van der Waals surface area contributed by atoms with Crippen LogP contribution < -0.4 is 5.46 Å². The maximum Gasteiger partial charge on any atom is 0.114 e. The van der Waals surface area contributed by atoms with Gasteiger partial charge in [0.2, 0.25) is 0 Å². The fourth-order valence-electron chi connectivity index (χ4n) is 2.23. The highest BCUT2D eigenvalue weighted by atomic mass is 127. The van der Waals surface area contributed by atoms with Gasteiger partial charge in [0.15, 0.2) is 0 Å². The molecular formula is C16H10BI. The molecule has 0 N–H and O–H groups in total. The Balaban J connectivity index is 2.33. The van der Waals surface area contributed by atoms with Gasteiger partial charge in [0.05, 0.1) is 0 Å². The Hall–Kier alpha value is -1.29. The van der Waals surface area contributed by atoms with E-state index in [1.807, 2.05) is 12.1 Å². The zero-order chi connectivity index (χ0) is 12.5. The molecule has 3 rings (SSSR count). The average Bonchev–Trinajstić information content (AvgIpc) is 2.39. The molecule has 0 nitrogen and oxygen atoms in total. The summed E-state index contributed by atoms with van der Waals surface area (Å²) in [6.45, 7) is 0. The zero-order valence-electron chi connectivity index (χ0n) is 9.73. The van der Waals surface area contributed by atoms with E-state index in [4.69, 9.17) is 7.85 Å². The van der Waals surface area contributed by atoms with Gasteiger partial charge in [0.25, 0.3) is 0 Å². The van der Waals surface area contributed by atoms with Gasteiger partial charge in [-0.1, -0.05) is 54.0 Å². The van der Waals surface area contributed by atoms with Crippen molar-refractivity contribution in [3.63, 3.8) is 0 Å². The van der Waals surface area contributed by atoms with E-state index >= 15 is 0 Å². The summed E-state index contributed by atoms with van der Waals surface area (Å²) in [6, 6.07) is 20.9. The molecule has 0 aromatic heterocycles. The van der Waals surface area contributed by atoms with Crippen molar-refractivity contribution in [2.45, 2.75) is 0 Å². The number of benzene rings is 3. The molecule has 84 valence electrons. The van der Waals surface area contributed by atoms with Crippen LogP contribution in [0.2, 0.25) is 0 Å². The fourth-order valence-corrected chi connectivity index (χ4v) is 2.77. The van der Waals surface area contributed by atoms with Gasteiger partial charge in [0, 0.05) is 3.57 Å². The minimum Gasteiger partial charge on any atom is -0.0889 e. The lowest BCUT2D eigenvalue weighted by atomic mass is 9.86.